The van der Waals surface area contributed by atoms with Gasteiger partial charge in [-0.15, -0.1) is 0 Å². The number of hydrogen-bond acceptors (Lipinski definition) is 3. The van der Waals surface area contributed by atoms with Crippen molar-refractivity contribution >= 4 is 0 Å². The molecule has 0 aliphatic rings. The lowest BCUT2D eigenvalue weighted by Gasteiger charge is -2.13. The van der Waals surface area contributed by atoms with Crippen LogP contribution < -0.4 is 5.32 Å². The molecule has 0 aliphatic carbocycles. The molecule has 0 bridgehead atoms. The standard InChI is InChI=1S/C11H18N2O/c1-9(14)6-8-12-10(2)11-5-3-4-7-13-11/h3-5,7,9-10,12,14H,6,8H2,1-2H3. The highest BCUT2D eigenvalue weighted by atomic mass is 16.3. The quantitative estimate of drug-likeness (QED) is 0.746. The summed E-state index contributed by atoms with van der Waals surface area (Å²) in [7, 11) is 0. The molecule has 1 aromatic rings. The van der Waals surface area contributed by atoms with Gasteiger partial charge in [-0.1, -0.05) is 6.07 Å². The maximum absolute atomic E-state index is 9.08. The lowest BCUT2D eigenvalue weighted by atomic mass is 10.2. The fraction of sp³-hybridized carbons (Fsp3) is 0.545. The monoisotopic (exact) mass is 194 g/mol. The van der Waals surface area contributed by atoms with Crippen LogP contribution in [0, 0.1) is 0 Å². The van der Waals surface area contributed by atoms with Gasteiger partial charge >= 0.3 is 0 Å². The van der Waals surface area contributed by atoms with Gasteiger partial charge in [-0.05, 0) is 38.9 Å². The third-order valence-electron chi connectivity index (χ3n) is 2.14. The Balaban J connectivity index is 2.32. The molecule has 0 aromatic carbocycles. The van der Waals surface area contributed by atoms with Crippen LogP contribution in [0.2, 0.25) is 0 Å². The van der Waals surface area contributed by atoms with Crippen molar-refractivity contribution in [3.05, 3.63) is 30.1 Å². The van der Waals surface area contributed by atoms with Gasteiger partial charge in [0.1, 0.15) is 0 Å². The van der Waals surface area contributed by atoms with E-state index in [-0.39, 0.29) is 12.1 Å². The first-order chi connectivity index (χ1) is 6.70. The van der Waals surface area contributed by atoms with E-state index in [4.69, 9.17) is 5.11 Å². The number of aliphatic hydroxyl groups is 1. The molecule has 0 aliphatic heterocycles. The van der Waals surface area contributed by atoms with Gasteiger partial charge in [0.05, 0.1) is 11.8 Å². The highest BCUT2D eigenvalue weighted by Crippen LogP contribution is 2.07. The van der Waals surface area contributed by atoms with Gasteiger partial charge in [0.25, 0.3) is 0 Å². The van der Waals surface area contributed by atoms with Gasteiger partial charge in [-0.3, -0.25) is 4.98 Å². The van der Waals surface area contributed by atoms with Crippen LogP contribution in [0.3, 0.4) is 0 Å². The molecule has 0 amide bonds. The number of aliphatic hydroxyl groups excluding tert-OH is 1. The van der Waals surface area contributed by atoms with Gasteiger partial charge in [0.15, 0.2) is 0 Å². The molecule has 0 saturated carbocycles. The molecule has 1 heterocycles. The first-order valence-electron chi connectivity index (χ1n) is 5.02. The zero-order chi connectivity index (χ0) is 10.4. The summed E-state index contributed by atoms with van der Waals surface area (Å²) in [5.41, 5.74) is 1.04. The molecule has 2 atom stereocenters. The Labute approximate surface area is 85.2 Å². The van der Waals surface area contributed by atoms with Crippen molar-refractivity contribution in [2.24, 2.45) is 0 Å². The number of aromatic nitrogens is 1. The molecule has 0 fully saturated rings. The number of pyridine rings is 1. The van der Waals surface area contributed by atoms with Crippen molar-refractivity contribution in [1.29, 1.82) is 0 Å². The third-order valence-corrected chi connectivity index (χ3v) is 2.14. The molecule has 2 unspecified atom stereocenters. The van der Waals surface area contributed by atoms with E-state index in [2.05, 4.69) is 17.2 Å². The minimum atomic E-state index is -0.238. The smallest absolute Gasteiger partial charge is 0.0570 e. The normalized spacial score (nSPS) is 15.1. The highest BCUT2D eigenvalue weighted by Gasteiger charge is 2.04. The number of nitrogens with zero attached hydrogens (tertiary/aromatic N) is 1. The largest absolute Gasteiger partial charge is 0.393 e. The van der Waals surface area contributed by atoms with E-state index < -0.39 is 0 Å². The molecule has 0 spiro atoms. The topological polar surface area (TPSA) is 45.1 Å². The summed E-state index contributed by atoms with van der Waals surface area (Å²) in [6.07, 6.45) is 2.33. The summed E-state index contributed by atoms with van der Waals surface area (Å²) >= 11 is 0. The number of rotatable bonds is 5. The van der Waals surface area contributed by atoms with Gasteiger partial charge in [-0.25, -0.2) is 0 Å². The van der Waals surface area contributed by atoms with Crippen molar-refractivity contribution in [2.75, 3.05) is 6.54 Å². The van der Waals surface area contributed by atoms with Gasteiger partial charge in [0, 0.05) is 12.2 Å². The molecular formula is C11H18N2O. The molecule has 3 heteroatoms. The molecule has 78 valence electrons. The predicted octanol–water partition coefficient (Wildman–Crippen LogP) is 1.50. The summed E-state index contributed by atoms with van der Waals surface area (Å²) < 4.78 is 0. The Morgan fingerprint density at radius 3 is 2.79 bits per heavy atom. The van der Waals surface area contributed by atoms with Crippen LogP contribution >= 0.6 is 0 Å². The predicted molar refractivity (Wildman–Crippen MR) is 57.0 cm³/mol. The fourth-order valence-corrected chi connectivity index (χ4v) is 1.25. The Morgan fingerprint density at radius 2 is 2.21 bits per heavy atom. The molecular weight excluding hydrogens is 176 g/mol. The van der Waals surface area contributed by atoms with Crippen molar-refractivity contribution < 1.29 is 5.11 Å². The summed E-state index contributed by atoms with van der Waals surface area (Å²) in [4.78, 5) is 4.25. The lowest BCUT2D eigenvalue weighted by Crippen LogP contribution is -2.23. The van der Waals surface area contributed by atoms with Crippen LogP contribution in [0.5, 0.6) is 0 Å². The van der Waals surface area contributed by atoms with Crippen molar-refractivity contribution in [3.8, 4) is 0 Å². The van der Waals surface area contributed by atoms with E-state index in [1.54, 1.807) is 13.1 Å². The van der Waals surface area contributed by atoms with E-state index >= 15 is 0 Å². The van der Waals surface area contributed by atoms with E-state index in [1.807, 2.05) is 18.2 Å². The first kappa shape index (κ1) is 11.1. The minimum absolute atomic E-state index is 0.238. The van der Waals surface area contributed by atoms with Crippen LogP contribution in [0.25, 0.3) is 0 Å². The second kappa shape index (κ2) is 5.73. The zero-order valence-electron chi connectivity index (χ0n) is 8.77. The molecule has 14 heavy (non-hydrogen) atoms. The maximum atomic E-state index is 9.08. The lowest BCUT2D eigenvalue weighted by molar-refractivity contribution is 0.182. The van der Waals surface area contributed by atoms with E-state index in [9.17, 15) is 0 Å². The first-order valence-corrected chi connectivity index (χ1v) is 5.02. The second-order valence-electron chi connectivity index (χ2n) is 3.57. The Hall–Kier alpha value is -0.930. The molecule has 0 saturated heterocycles. The molecule has 2 N–H and O–H groups in total. The number of hydrogen-bond donors (Lipinski definition) is 2. The molecule has 3 nitrogen and oxygen atoms in total. The van der Waals surface area contributed by atoms with Crippen molar-refractivity contribution in [2.45, 2.75) is 32.4 Å². The van der Waals surface area contributed by atoms with Gasteiger partial charge in [0.2, 0.25) is 0 Å². The fourth-order valence-electron chi connectivity index (χ4n) is 1.25. The van der Waals surface area contributed by atoms with Crippen LogP contribution in [0.1, 0.15) is 32.0 Å². The van der Waals surface area contributed by atoms with Crippen LogP contribution in [-0.2, 0) is 0 Å². The second-order valence-corrected chi connectivity index (χ2v) is 3.57. The van der Waals surface area contributed by atoms with Gasteiger partial charge < -0.3 is 10.4 Å². The average molecular weight is 194 g/mol. The van der Waals surface area contributed by atoms with E-state index in [0.29, 0.717) is 0 Å². The highest BCUT2D eigenvalue weighted by molar-refractivity contribution is 5.07. The molecule has 1 rings (SSSR count). The van der Waals surface area contributed by atoms with Gasteiger partial charge in [-0.2, -0.15) is 0 Å². The SMILES string of the molecule is CC(O)CCNC(C)c1ccccn1. The maximum Gasteiger partial charge on any atom is 0.0570 e. The van der Waals surface area contributed by atoms with Crippen molar-refractivity contribution in [3.63, 3.8) is 0 Å². The molecule has 1 aromatic heterocycles. The van der Waals surface area contributed by atoms with E-state index in [0.717, 1.165) is 18.7 Å². The Bertz CT molecular complexity index is 249. The van der Waals surface area contributed by atoms with Crippen LogP contribution in [0.4, 0.5) is 0 Å². The summed E-state index contributed by atoms with van der Waals surface area (Å²) in [5.74, 6) is 0. The van der Waals surface area contributed by atoms with Crippen LogP contribution in [-0.4, -0.2) is 22.7 Å². The third kappa shape index (κ3) is 3.85. The van der Waals surface area contributed by atoms with Crippen molar-refractivity contribution in [1.82, 2.24) is 10.3 Å². The average Bonchev–Trinajstić information content (AvgIpc) is 2.18. The summed E-state index contributed by atoms with van der Waals surface area (Å²) in [6, 6.07) is 6.14. The van der Waals surface area contributed by atoms with E-state index in [1.165, 1.54) is 0 Å². The Kier molecular flexibility index (Phi) is 4.56. The number of nitrogens with one attached hydrogen (secondary N) is 1. The zero-order valence-corrected chi connectivity index (χ0v) is 8.77. The summed E-state index contributed by atoms with van der Waals surface area (Å²) in [6.45, 7) is 4.69. The molecule has 0 radical (unpaired) electrons. The summed E-state index contributed by atoms with van der Waals surface area (Å²) in [5, 5.41) is 12.4. The Morgan fingerprint density at radius 1 is 1.43 bits per heavy atom. The van der Waals surface area contributed by atoms with Crippen LogP contribution in [0.15, 0.2) is 24.4 Å². The minimum Gasteiger partial charge on any atom is -0.393 e.